The number of fused-ring (bicyclic) bond motifs is 1. The van der Waals surface area contributed by atoms with Gasteiger partial charge in [-0.15, -0.1) is 0 Å². The van der Waals surface area contributed by atoms with Crippen molar-refractivity contribution in [3.63, 3.8) is 0 Å². The van der Waals surface area contributed by atoms with Crippen molar-refractivity contribution in [1.29, 1.82) is 0 Å². The minimum absolute atomic E-state index is 0.00155. The normalized spacial score (nSPS) is 19.0. The second-order valence-electron chi connectivity index (χ2n) is 6.33. The maximum absolute atomic E-state index is 12.7. The number of aromatic amines is 1. The van der Waals surface area contributed by atoms with Crippen molar-refractivity contribution in [2.75, 3.05) is 26.7 Å². The smallest absolute Gasteiger partial charge is 0.236 e. The topological polar surface area (TPSA) is 82.4 Å². The first-order valence-electron chi connectivity index (χ1n) is 7.91. The van der Waals surface area contributed by atoms with Crippen LogP contribution in [0.4, 0.5) is 0 Å². The average molecular weight is 349 g/mol. The van der Waals surface area contributed by atoms with Gasteiger partial charge < -0.3 is 15.6 Å². The molecule has 1 atom stereocenters. The van der Waals surface area contributed by atoms with E-state index in [2.05, 4.69) is 4.98 Å². The number of nitrogens with one attached hydrogen (secondary N) is 1. The van der Waals surface area contributed by atoms with Crippen molar-refractivity contribution < 1.29 is 9.59 Å². The predicted octanol–water partition coefficient (Wildman–Crippen LogP) is 1.30. The second kappa shape index (κ2) is 6.45. The number of rotatable bonds is 3. The van der Waals surface area contributed by atoms with Crippen LogP contribution in [0.25, 0.3) is 10.9 Å². The van der Waals surface area contributed by atoms with Gasteiger partial charge in [0, 0.05) is 41.3 Å². The van der Waals surface area contributed by atoms with Gasteiger partial charge in [0.25, 0.3) is 0 Å². The Morgan fingerprint density at radius 2 is 2.12 bits per heavy atom. The summed E-state index contributed by atoms with van der Waals surface area (Å²) in [5, 5.41) is 1.61. The van der Waals surface area contributed by atoms with Crippen LogP contribution in [0, 0.1) is 6.92 Å². The maximum Gasteiger partial charge on any atom is 0.236 e. The molecule has 1 aliphatic heterocycles. The number of aryl methyl sites for hydroxylation is 1. The second-order valence-corrected chi connectivity index (χ2v) is 6.77. The molecule has 6 nitrogen and oxygen atoms in total. The van der Waals surface area contributed by atoms with E-state index in [-0.39, 0.29) is 12.3 Å². The number of nitrogens with two attached hydrogens (primary N) is 1. The van der Waals surface area contributed by atoms with Gasteiger partial charge in [0.2, 0.25) is 11.8 Å². The highest BCUT2D eigenvalue weighted by Crippen LogP contribution is 2.26. The van der Waals surface area contributed by atoms with E-state index >= 15 is 0 Å². The fourth-order valence-corrected chi connectivity index (χ4v) is 3.42. The molecule has 24 heavy (non-hydrogen) atoms. The number of piperazine rings is 1. The molecule has 2 aromatic rings. The minimum Gasteiger partial charge on any atom is -0.368 e. The summed E-state index contributed by atoms with van der Waals surface area (Å²) in [5.41, 5.74) is 8.31. The zero-order chi connectivity index (χ0) is 17.4. The van der Waals surface area contributed by atoms with Crippen LogP contribution in [0.5, 0.6) is 0 Å². The Hall–Kier alpha value is -2.05. The van der Waals surface area contributed by atoms with Crippen molar-refractivity contribution in [2.45, 2.75) is 19.4 Å². The molecular weight excluding hydrogens is 328 g/mol. The van der Waals surface area contributed by atoms with Crippen LogP contribution in [-0.2, 0) is 16.0 Å². The van der Waals surface area contributed by atoms with Crippen molar-refractivity contribution in [1.82, 2.24) is 14.8 Å². The fourth-order valence-electron chi connectivity index (χ4n) is 3.25. The van der Waals surface area contributed by atoms with Gasteiger partial charge in [-0.1, -0.05) is 11.6 Å². The average Bonchev–Trinajstić information content (AvgIpc) is 2.83. The summed E-state index contributed by atoms with van der Waals surface area (Å²) in [7, 11) is 1.85. The minimum atomic E-state index is -0.429. The molecule has 0 bridgehead atoms. The van der Waals surface area contributed by atoms with Gasteiger partial charge in [-0.2, -0.15) is 0 Å². The number of aromatic nitrogens is 1. The Morgan fingerprint density at radius 1 is 1.38 bits per heavy atom. The summed E-state index contributed by atoms with van der Waals surface area (Å²) in [5.74, 6) is -0.400. The number of hydrogen-bond acceptors (Lipinski definition) is 3. The van der Waals surface area contributed by atoms with Crippen LogP contribution in [0.15, 0.2) is 18.2 Å². The molecular formula is C17H21ClN4O2. The predicted molar refractivity (Wildman–Crippen MR) is 93.9 cm³/mol. The van der Waals surface area contributed by atoms with E-state index in [1.54, 1.807) is 4.90 Å². The first-order valence-corrected chi connectivity index (χ1v) is 8.28. The third-order valence-electron chi connectivity index (χ3n) is 4.74. The lowest BCUT2D eigenvalue weighted by atomic mass is 10.1. The lowest BCUT2D eigenvalue weighted by Gasteiger charge is -2.37. The molecule has 7 heteroatoms. The number of amides is 2. The van der Waals surface area contributed by atoms with Crippen molar-refractivity contribution in [2.24, 2.45) is 5.73 Å². The van der Waals surface area contributed by atoms with Crippen LogP contribution in [-0.4, -0.2) is 59.3 Å². The molecule has 2 heterocycles. The summed E-state index contributed by atoms with van der Waals surface area (Å²) >= 11 is 6.09. The third-order valence-corrected chi connectivity index (χ3v) is 4.97. The molecule has 3 N–H and O–H groups in total. The van der Waals surface area contributed by atoms with Crippen LogP contribution in [0.3, 0.4) is 0 Å². The highest BCUT2D eigenvalue weighted by molar-refractivity contribution is 6.31. The van der Waals surface area contributed by atoms with Crippen LogP contribution >= 0.6 is 11.6 Å². The molecule has 0 aliphatic carbocycles. The highest BCUT2D eigenvalue weighted by atomic mass is 35.5. The third kappa shape index (κ3) is 3.12. The zero-order valence-corrected chi connectivity index (χ0v) is 14.6. The van der Waals surface area contributed by atoms with Gasteiger partial charge in [-0.05, 0) is 37.7 Å². The van der Waals surface area contributed by atoms with E-state index in [0.29, 0.717) is 24.7 Å². The van der Waals surface area contributed by atoms with E-state index in [9.17, 15) is 9.59 Å². The Labute approximate surface area is 145 Å². The molecule has 0 radical (unpaired) electrons. The van der Waals surface area contributed by atoms with E-state index in [1.165, 1.54) is 0 Å². The van der Waals surface area contributed by atoms with Gasteiger partial charge in [-0.3, -0.25) is 14.5 Å². The monoisotopic (exact) mass is 348 g/mol. The molecule has 3 rings (SSSR count). The quantitative estimate of drug-likeness (QED) is 0.877. The highest BCUT2D eigenvalue weighted by Gasteiger charge is 2.31. The number of H-pyrrole nitrogens is 1. The molecule has 0 spiro atoms. The number of halogens is 1. The standard InChI is InChI=1S/C17H21ClN4O2/c1-10-12(13-7-11(18)3-4-14(13)20-10)8-16(23)22-6-5-21(2)15(9-22)17(19)24/h3-4,7,15,20H,5-6,8-9H2,1-2H3,(H2,19,24). The zero-order valence-electron chi connectivity index (χ0n) is 13.8. The molecule has 1 aromatic heterocycles. The molecule has 1 aliphatic rings. The molecule has 1 unspecified atom stereocenters. The van der Waals surface area contributed by atoms with Crippen molar-refractivity contribution in [3.8, 4) is 0 Å². The summed E-state index contributed by atoms with van der Waals surface area (Å²) in [4.78, 5) is 31.2. The fraction of sp³-hybridized carbons (Fsp3) is 0.412. The number of primary amides is 1. The lowest BCUT2D eigenvalue weighted by Crippen LogP contribution is -2.58. The first-order chi connectivity index (χ1) is 11.4. The van der Waals surface area contributed by atoms with E-state index < -0.39 is 11.9 Å². The summed E-state index contributed by atoms with van der Waals surface area (Å²) in [6.45, 7) is 3.53. The van der Waals surface area contributed by atoms with Crippen LogP contribution in [0.1, 0.15) is 11.3 Å². The molecule has 2 amide bonds. The lowest BCUT2D eigenvalue weighted by molar-refractivity contribution is -0.135. The van der Waals surface area contributed by atoms with Gasteiger partial charge in [-0.25, -0.2) is 0 Å². The number of nitrogens with zero attached hydrogens (tertiary/aromatic N) is 2. The SMILES string of the molecule is Cc1[nH]c2ccc(Cl)cc2c1CC(=O)N1CCN(C)C(C(N)=O)C1. The van der Waals surface area contributed by atoms with Gasteiger partial charge in [0.15, 0.2) is 0 Å². The largest absolute Gasteiger partial charge is 0.368 e. The summed E-state index contributed by atoms with van der Waals surface area (Å²) in [6.07, 6.45) is 0.279. The number of hydrogen-bond donors (Lipinski definition) is 2. The number of likely N-dealkylation sites (N-methyl/N-ethyl adjacent to an activating group) is 1. The van der Waals surface area contributed by atoms with E-state index in [1.807, 2.05) is 37.1 Å². The Bertz CT molecular complexity index is 801. The number of carbonyl (C=O) groups is 2. The van der Waals surface area contributed by atoms with Gasteiger partial charge >= 0.3 is 0 Å². The number of benzene rings is 1. The Morgan fingerprint density at radius 3 is 2.83 bits per heavy atom. The van der Waals surface area contributed by atoms with Crippen LogP contribution in [0.2, 0.25) is 5.02 Å². The van der Waals surface area contributed by atoms with Gasteiger partial charge in [0.1, 0.15) is 6.04 Å². The van der Waals surface area contributed by atoms with E-state index in [0.717, 1.165) is 22.2 Å². The summed E-state index contributed by atoms with van der Waals surface area (Å²) in [6, 6.07) is 5.18. The molecule has 1 fully saturated rings. The van der Waals surface area contributed by atoms with Crippen molar-refractivity contribution in [3.05, 3.63) is 34.5 Å². The van der Waals surface area contributed by atoms with Crippen molar-refractivity contribution >= 4 is 34.3 Å². The van der Waals surface area contributed by atoms with E-state index in [4.69, 9.17) is 17.3 Å². The number of carbonyl (C=O) groups excluding carboxylic acids is 2. The molecule has 128 valence electrons. The molecule has 0 saturated carbocycles. The summed E-state index contributed by atoms with van der Waals surface area (Å²) < 4.78 is 0. The first kappa shape index (κ1) is 16.8. The van der Waals surface area contributed by atoms with Crippen LogP contribution < -0.4 is 5.73 Å². The maximum atomic E-state index is 12.7. The Kier molecular flexibility index (Phi) is 4.51. The van der Waals surface area contributed by atoms with Gasteiger partial charge in [0.05, 0.1) is 6.42 Å². The Balaban J connectivity index is 1.81. The molecule has 1 aromatic carbocycles. The molecule has 1 saturated heterocycles.